The number of fused-ring (bicyclic) bond motifs is 3. The lowest BCUT2D eigenvalue weighted by molar-refractivity contribution is 0.0737. The number of carbonyl (C=O) groups excluding carboxylic acids is 1. The number of aromatic nitrogens is 2. The maximum atomic E-state index is 12.8. The van der Waals surface area contributed by atoms with Crippen LogP contribution in [-0.4, -0.2) is 26.9 Å². The van der Waals surface area contributed by atoms with Gasteiger partial charge in [-0.05, 0) is 30.2 Å². The summed E-state index contributed by atoms with van der Waals surface area (Å²) in [5.74, 6) is -0.0485. The van der Waals surface area contributed by atoms with E-state index in [0.29, 0.717) is 42.0 Å². The first-order valence-corrected chi connectivity index (χ1v) is 9.43. The molecular formula is C19H16ClN3O2S. The van der Waals surface area contributed by atoms with Crippen LogP contribution in [0.3, 0.4) is 0 Å². The third-order valence-electron chi connectivity index (χ3n) is 4.51. The van der Waals surface area contributed by atoms with Gasteiger partial charge in [0, 0.05) is 28.6 Å². The Bertz CT molecular complexity index is 1090. The highest BCUT2D eigenvalue weighted by atomic mass is 35.5. The molecule has 0 N–H and O–H groups in total. The summed E-state index contributed by atoms with van der Waals surface area (Å²) in [6.07, 6.45) is 3.89. The molecule has 0 saturated heterocycles. The fraction of sp³-hybridized carbons (Fsp3) is 0.211. The molecule has 26 heavy (non-hydrogen) atoms. The van der Waals surface area contributed by atoms with Crippen LogP contribution in [0.5, 0.6) is 0 Å². The number of carbonyl (C=O) groups is 1. The fourth-order valence-electron chi connectivity index (χ4n) is 3.27. The predicted octanol–water partition coefficient (Wildman–Crippen LogP) is 3.50. The van der Waals surface area contributed by atoms with E-state index in [4.69, 9.17) is 11.6 Å². The molecule has 4 rings (SSSR count). The molecule has 1 amide bonds. The second-order valence-corrected chi connectivity index (χ2v) is 7.68. The van der Waals surface area contributed by atoms with Crippen molar-refractivity contribution in [2.75, 3.05) is 6.54 Å². The monoisotopic (exact) mass is 385 g/mol. The zero-order valence-electron chi connectivity index (χ0n) is 13.9. The number of rotatable bonds is 3. The Morgan fingerprint density at radius 3 is 3.04 bits per heavy atom. The van der Waals surface area contributed by atoms with Gasteiger partial charge in [-0.15, -0.1) is 17.9 Å². The van der Waals surface area contributed by atoms with Crippen LogP contribution in [0.2, 0.25) is 5.02 Å². The van der Waals surface area contributed by atoms with Crippen molar-refractivity contribution in [1.82, 2.24) is 14.5 Å². The number of allylic oxidation sites excluding steroid dienone is 1. The van der Waals surface area contributed by atoms with Gasteiger partial charge in [0.15, 0.2) is 0 Å². The first-order valence-electron chi connectivity index (χ1n) is 8.24. The molecule has 5 nitrogen and oxygen atoms in total. The summed E-state index contributed by atoms with van der Waals surface area (Å²) in [4.78, 5) is 33.5. The van der Waals surface area contributed by atoms with Gasteiger partial charge < -0.3 is 4.90 Å². The Kier molecular flexibility index (Phi) is 4.38. The van der Waals surface area contributed by atoms with Crippen molar-refractivity contribution in [1.29, 1.82) is 0 Å². The normalized spacial score (nSPS) is 13.7. The third kappa shape index (κ3) is 2.85. The quantitative estimate of drug-likeness (QED) is 0.648. The van der Waals surface area contributed by atoms with Crippen LogP contribution in [-0.2, 0) is 19.5 Å². The Labute approximate surface area is 159 Å². The smallest absolute Gasteiger partial charge is 0.262 e. The predicted molar refractivity (Wildman–Crippen MR) is 104 cm³/mol. The number of halogens is 1. The minimum atomic E-state index is -0.0485. The molecular weight excluding hydrogens is 370 g/mol. The molecule has 0 saturated carbocycles. The lowest BCUT2D eigenvalue weighted by Gasteiger charge is -2.27. The van der Waals surface area contributed by atoms with E-state index in [9.17, 15) is 9.59 Å². The highest BCUT2D eigenvalue weighted by molar-refractivity contribution is 7.18. The first kappa shape index (κ1) is 17.0. The molecule has 0 aliphatic carbocycles. The average molecular weight is 386 g/mol. The number of nitrogens with zero attached hydrogens (tertiary/aromatic N) is 3. The zero-order valence-corrected chi connectivity index (χ0v) is 15.5. The Balaban J connectivity index is 1.69. The van der Waals surface area contributed by atoms with E-state index in [1.165, 1.54) is 11.3 Å². The van der Waals surface area contributed by atoms with Gasteiger partial charge in [-0.1, -0.05) is 23.7 Å². The van der Waals surface area contributed by atoms with Gasteiger partial charge in [0.05, 0.1) is 18.3 Å². The Hall–Kier alpha value is -2.44. The number of hydrogen-bond acceptors (Lipinski definition) is 4. The summed E-state index contributed by atoms with van der Waals surface area (Å²) < 4.78 is 1.56. The van der Waals surface area contributed by atoms with Crippen molar-refractivity contribution < 1.29 is 4.79 Å². The van der Waals surface area contributed by atoms with E-state index in [2.05, 4.69) is 11.6 Å². The number of thiophene rings is 1. The number of benzene rings is 1. The van der Waals surface area contributed by atoms with Gasteiger partial charge in [0.2, 0.25) is 0 Å². The molecule has 0 spiro atoms. The minimum absolute atomic E-state index is 0.0398. The van der Waals surface area contributed by atoms with Crippen molar-refractivity contribution in [3.05, 3.63) is 74.6 Å². The Morgan fingerprint density at radius 1 is 1.42 bits per heavy atom. The molecule has 0 fully saturated rings. The molecule has 3 heterocycles. The highest BCUT2D eigenvalue weighted by Gasteiger charge is 2.27. The standard InChI is InChI=1S/C19H16ClN3O2S/c1-2-7-23-11-21-17-16(19(23)25)14-6-8-22(10-15(14)26-17)18(24)12-4-3-5-13(20)9-12/h2-5,9,11H,1,6-8,10H2. The van der Waals surface area contributed by atoms with Crippen LogP contribution in [0.25, 0.3) is 10.2 Å². The topological polar surface area (TPSA) is 55.2 Å². The van der Waals surface area contributed by atoms with Crippen LogP contribution in [0.4, 0.5) is 0 Å². The number of amides is 1. The van der Waals surface area contributed by atoms with Crippen LogP contribution in [0.1, 0.15) is 20.8 Å². The number of hydrogen-bond donors (Lipinski definition) is 0. The molecule has 2 aromatic heterocycles. The van der Waals surface area contributed by atoms with Crippen molar-refractivity contribution in [2.45, 2.75) is 19.5 Å². The Morgan fingerprint density at radius 2 is 2.27 bits per heavy atom. The van der Waals surface area contributed by atoms with Crippen LogP contribution in [0.15, 0.2) is 48.0 Å². The van der Waals surface area contributed by atoms with Crippen LogP contribution < -0.4 is 5.56 Å². The van der Waals surface area contributed by atoms with Gasteiger partial charge in [0.1, 0.15) is 4.83 Å². The highest BCUT2D eigenvalue weighted by Crippen LogP contribution is 2.32. The molecule has 132 valence electrons. The van der Waals surface area contributed by atoms with Gasteiger partial charge >= 0.3 is 0 Å². The van der Waals surface area contributed by atoms with Gasteiger partial charge in [-0.3, -0.25) is 14.2 Å². The van der Waals surface area contributed by atoms with E-state index in [1.54, 1.807) is 46.1 Å². The van der Waals surface area contributed by atoms with Gasteiger partial charge in [-0.2, -0.15) is 0 Å². The summed E-state index contributed by atoms with van der Waals surface area (Å²) in [6, 6.07) is 6.97. The maximum absolute atomic E-state index is 12.8. The van der Waals surface area contributed by atoms with E-state index < -0.39 is 0 Å². The van der Waals surface area contributed by atoms with Crippen molar-refractivity contribution in [3.8, 4) is 0 Å². The summed E-state index contributed by atoms with van der Waals surface area (Å²) >= 11 is 7.49. The van der Waals surface area contributed by atoms with E-state index >= 15 is 0 Å². The van der Waals surface area contributed by atoms with Crippen molar-refractivity contribution in [2.24, 2.45) is 0 Å². The van der Waals surface area contributed by atoms with Crippen LogP contribution >= 0.6 is 22.9 Å². The lowest BCUT2D eigenvalue weighted by Crippen LogP contribution is -2.35. The van der Waals surface area contributed by atoms with Crippen LogP contribution in [0, 0.1) is 0 Å². The molecule has 0 radical (unpaired) electrons. The largest absolute Gasteiger partial charge is 0.333 e. The van der Waals surface area contributed by atoms with E-state index in [0.717, 1.165) is 15.3 Å². The molecule has 1 aliphatic rings. The minimum Gasteiger partial charge on any atom is -0.333 e. The summed E-state index contributed by atoms with van der Waals surface area (Å²) in [7, 11) is 0. The van der Waals surface area contributed by atoms with Gasteiger partial charge in [-0.25, -0.2) is 4.98 Å². The van der Waals surface area contributed by atoms with E-state index in [1.807, 2.05) is 0 Å². The molecule has 3 aromatic rings. The first-order chi connectivity index (χ1) is 12.6. The van der Waals surface area contributed by atoms with E-state index in [-0.39, 0.29) is 11.5 Å². The molecule has 0 atom stereocenters. The summed E-state index contributed by atoms with van der Waals surface area (Å²) in [5, 5.41) is 1.23. The SMILES string of the molecule is C=CCn1cnc2sc3c(c2c1=O)CCN(C(=O)c1cccc(Cl)c1)C3. The fourth-order valence-corrected chi connectivity index (χ4v) is 4.65. The second-order valence-electron chi connectivity index (χ2n) is 6.16. The third-order valence-corrected chi connectivity index (χ3v) is 5.87. The molecule has 1 aromatic carbocycles. The van der Waals surface area contributed by atoms with Gasteiger partial charge in [0.25, 0.3) is 11.5 Å². The molecule has 7 heteroatoms. The zero-order chi connectivity index (χ0) is 18.3. The average Bonchev–Trinajstić information content (AvgIpc) is 3.02. The molecule has 1 aliphatic heterocycles. The molecule has 0 unspecified atom stereocenters. The van der Waals surface area contributed by atoms with Crippen molar-refractivity contribution in [3.63, 3.8) is 0 Å². The summed E-state index contributed by atoms with van der Waals surface area (Å²) in [6.45, 7) is 5.17. The second kappa shape index (κ2) is 6.70. The summed E-state index contributed by atoms with van der Waals surface area (Å²) in [5.41, 5.74) is 1.56. The lowest BCUT2D eigenvalue weighted by atomic mass is 10.0. The van der Waals surface area contributed by atoms with Crippen molar-refractivity contribution >= 4 is 39.1 Å². The molecule has 0 bridgehead atoms. The maximum Gasteiger partial charge on any atom is 0.262 e.